The maximum atomic E-state index is 12.0. The minimum absolute atomic E-state index is 0.0151. The molecule has 4 N–H and O–H groups in total. The number of carbonyl (C=O) groups excluding carboxylic acids is 3. The molecule has 0 bridgehead atoms. The molecule has 0 saturated heterocycles. The topological polar surface area (TPSA) is 99.3 Å². The zero-order chi connectivity index (χ0) is 18.4. The highest BCUT2D eigenvalue weighted by Crippen LogP contribution is 2.30. The Hall–Kier alpha value is -2.48. The number of hydrogen-bond donors (Lipinski definition) is 4. The summed E-state index contributed by atoms with van der Waals surface area (Å²) in [5.41, 5.74) is 5.95. The zero-order valence-electron chi connectivity index (χ0n) is 14.2. The molecular formula is C17H22N4O3S. The molecule has 3 amide bonds. The third-order valence-electron chi connectivity index (χ3n) is 3.50. The molecule has 0 heterocycles. The van der Waals surface area contributed by atoms with E-state index in [2.05, 4.69) is 21.5 Å². The molecule has 1 fully saturated rings. The Morgan fingerprint density at radius 2 is 1.76 bits per heavy atom. The van der Waals surface area contributed by atoms with Gasteiger partial charge in [-0.2, -0.15) is 0 Å². The number of anilines is 1. The summed E-state index contributed by atoms with van der Waals surface area (Å²) in [6.07, 6.45) is 2.22. The van der Waals surface area contributed by atoms with Crippen LogP contribution < -0.4 is 21.5 Å². The van der Waals surface area contributed by atoms with Gasteiger partial charge in [-0.15, -0.1) is 0 Å². The van der Waals surface area contributed by atoms with Crippen LogP contribution in [-0.4, -0.2) is 22.8 Å². The Morgan fingerprint density at radius 3 is 2.32 bits per heavy atom. The predicted molar refractivity (Wildman–Crippen MR) is 98.6 cm³/mol. The van der Waals surface area contributed by atoms with Crippen LogP contribution in [-0.2, 0) is 9.59 Å². The Balaban J connectivity index is 1.77. The van der Waals surface area contributed by atoms with E-state index in [1.54, 1.807) is 24.3 Å². The lowest BCUT2D eigenvalue weighted by Gasteiger charge is -2.12. The van der Waals surface area contributed by atoms with Gasteiger partial charge in [-0.3, -0.25) is 25.2 Å². The highest BCUT2D eigenvalue weighted by Gasteiger charge is 2.29. The maximum absolute atomic E-state index is 12.0. The molecule has 1 aliphatic carbocycles. The predicted octanol–water partition coefficient (Wildman–Crippen LogP) is 1.72. The highest BCUT2D eigenvalue weighted by atomic mass is 32.1. The molecule has 0 unspecified atom stereocenters. The molecule has 8 heteroatoms. The standard InChI is InChI=1S/C17H22N4O3S/c1-10(2)9-14(22)19-17(25)21-20-16(24)12-5-7-13(8-6-12)18-15(23)11-3-4-11/h5-8,10-11H,3-4,9H2,1-2H3,(H,18,23)(H,20,24)(H2,19,21,22,25). The second-order valence-corrected chi connectivity index (χ2v) is 6.80. The molecule has 2 rings (SSSR count). The van der Waals surface area contributed by atoms with Crippen LogP contribution in [0, 0.1) is 11.8 Å². The SMILES string of the molecule is CC(C)CC(=O)NC(=S)NNC(=O)c1ccc(NC(=O)C2CC2)cc1. The van der Waals surface area contributed by atoms with Crippen molar-refractivity contribution in [1.29, 1.82) is 0 Å². The molecule has 0 spiro atoms. The van der Waals surface area contributed by atoms with Crippen molar-refractivity contribution in [2.24, 2.45) is 11.8 Å². The summed E-state index contributed by atoms with van der Waals surface area (Å²) in [5, 5.41) is 5.32. The first kappa shape index (κ1) is 18.9. The molecule has 0 radical (unpaired) electrons. The van der Waals surface area contributed by atoms with E-state index in [9.17, 15) is 14.4 Å². The first-order chi connectivity index (χ1) is 11.8. The van der Waals surface area contributed by atoms with E-state index in [1.165, 1.54) is 0 Å². The summed E-state index contributed by atoms with van der Waals surface area (Å²) >= 11 is 4.94. The number of thiocarbonyl (C=S) groups is 1. The molecule has 0 aliphatic heterocycles. The van der Waals surface area contributed by atoms with Crippen molar-refractivity contribution in [3.05, 3.63) is 29.8 Å². The largest absolute Gasteiger partial charge is 0.326 e. The Kier molecular flexibility index (Phi) is 6.46. The molecule has 134 valence electrons. The Morgan fingerprint density at radius 1 is 1.12 bits per heavy atom. The summed E-state index contributed by atoms with van der Waals surface area (Å²) in [6, 6.07) is 6.52. The fraction of sp³-hybridized carbons (Fsp3) is 0.412. The van der Waals surface area contributed by atoms with Crippen LogP contribution in [0.1, 0.15) is 43.5 Å². The van der Waals surface area contributed by atoms with Crippen molar-refractivity contribution >= 4 is 40.7 Å². The normalized spacial score (nSPS) is 13.1. The molecular weight excluding hydrogens is 340 g/mol. The molecule has 1 saturated carbocycles. The van der Waals surface area contributed by atoms with Crippen LogP contribution in [0.4, 0.5) is 5.69 Å². The van der Waals surface area contributed by atoms with E-state index in [1.807, 2.05) is 13.8 Å². The van der Waals surface area contributed by atoms with Crippen LogP contribution >= 0.6 is 12.2 Å². The van der Waals surface area contributed by atoms with E-state index < -0.39 is 5.91 Å². The fourth-order valence-electron chi connectivity index (χ4n) is 2.06. The second-order valence-electron chi connectivity index (χ2n) is 6.40. The Labute approximate surface area is 151 Å². The van der Waals surface area contributed by atoms with E-state index in [0.717, 1.165) is 12.8 Å². The van der Waals surface area contributed by atoms with Gasteiger partial charge in [-0.05, 0) is 55.2 Å². The van der Waals surface area contributed by atoms with Crippen LogP contribution in [0.3, 0.4) is 0 Å². The number of hydrogen-bond acceptors (Lipinski definition) is 4. The molecule has 1 aromatic rings. The van der Waals surface area contributed by atoms with Crippen molar-refractivity contribution in [1.82, 2.24) is 16.2 Å². The third kappa shape index (κ3) is 6.50. The quantitative estimate of drug-likeness (QED) is 0.472. The maximum Gasteiger partial charge on any atom is 0.269 e. The summed E-state index contributed by atoms with van der Waals surface area (Å²) < 4.78 is 0. The van der Waals surface area contributed by atoms with Gasteiger partial charge in [-0.1, -0.05) is 13.8 Å². The van der Waals surface area contributed by atoms with Gasteiger partial charge in [0.05, 0.1) is 0 Å². The van der Waals surface area contributed by atoms with Gasteiger partial charge in [0.2, 0.25) is 11.8 Å². The zero-order valence-corrected chi connectivity index (χ0v) is 15.0. The van der Waals surface area contributed by atoms with Gasteiger partial charge in [-0.25, -0.2) is 0 Å². The van der Waals surface area contributed by atoms with Crippen LogP contribution in [0.5, 0.6) is 0 Å². The van der Waals surface area contributed by atoms with Crippen LogP contribution in [0.2, 0.25) is 0 Å². The van der Waals surface area contributed by atoms with Crippen molar-refractivity contribution < 1.29 is 14.4 Å². The van der Waals surface area contributed by atoms with Crippen LogP contribution in [0.15, 0.2) is 24.3 Å². The molecule has 7 nitrogen and oxygen atoms in total. The number of benzene rings is 1. The second kappa shape index (κ2) is 8.57. The smallest absolute Gasteiger partial charge is 0.269 e. The van der Waals surface area contributed by atoms with E-state index in [4.69, 9.17) is 12.2 Å². The lowest BCUT2D eigenvalue weighted by Crippen LogP contribution is -2.48. The van der Waals surface area contributed by atoms with Gasteiger partial charge < -0.3 is 10.6 Å². The minimum atomic E-state index is -0.402. The average molecular weight is 362 g/mol. The van der Waals surface area contributed by atoms with E-state index in [0.29, 0.717) is 17.7 Å². The Bertz CT molecular complexity index is 669. The third-order valence-corrected chi connectivity index (χ3v) is 3.70. The summed E-state index contributed by atoms with van der Waals surface area (Å²) in [5.74, 6) is -0.255. The highest BCUT2D eigenvalue weighted by molar-refractivity contribution is 7.80. The summed E-state index contributed by atoms with van der Waals surface area (Å²) in [6.45, 7) is 3.85. The minimum Gasteiger partial charge on any atom is -0.326 e. The number of carbonyl (C=O) groups is 3. The lowest BCUT2D eigenvalue weighted by molar-refractivity contribution is -0.120. The monoisotopic (exact) mass is 362 g/mol. The lowest BCUT2D eigenvalue weighted by atomic mass is 10.1. The van der Waals surface area contributed by atoms with Gasteiger partial charge >= 0.3 is 0 Å². The van der Waals surface area contributed by atoms with Crippen molar-refractivity contribution in [3.63, 3.8) is 0 Å². The van der Waals surface area contributed by atoms with E-state index in [-0.39, 0.29) is 28.8 Å². The fourth-order valence-corrected chi connectivity index (χ4v) is 2.23. The van der Waals surface area contributed by atoms with Gasteiger partial charge in [0.15, 0.2) is 5.11 Å². The number of rotatable bonds is 5. The molecule has 1 aliphatic rings. The molecule has 0 aromatic heterocycles. The first-order valence-corrected chi connectivity index (χ1v) is 8.57. The van der Waals surface area contributed by atoms with E-state index >= 15 is 0 Å². The van der Waals surface area contributed by atoms with Crippen LogP contribution in [0.25, 0.3) is 0 Å². The average Bonchev–Trinajstić information content (AvgIpc) is 3.37. The number of amides is 3. The van der Waals surface area contributed by atoms with Crippen molar-refractivity contribution in [2.45, 2.75) is 33.1 Å². The van der Waals surface area contributed by atoms with Gasteiger partial charge in [0.1, 0.15) is 0 Å². The first-order valence-electron chi connectivity index (χ1n) is 8.16. The summed E-state index contributed by atoms with van der Waals surface area (Å²) in [7, 11) is 0. The van der Waals surface area contributed by atoms with Gasteiger partial charge in [0, 0.05) is 23.6 Å². The van der Waals surface area contributed by atoms with Gasteiger partial charge in [0.25, 0.3) is 5.91 Å². The van der Waals surface area contributed by atoms with Crippen molar-refractivity contribution in [3.8, 4) is 0 Å². The van der Waals surface area contributed by atoms with Crippen molar-refractivity contribution in [2.75, 3.05) is 5.32 Å². The number of nitrogens with one attached hydrogen (secondary N) is 4. The number of hydrazine groups is 1. The summed E-state index contributed by atoms with van der Waals surface area (Å²) in [4.78, 5) is 35.3. The molecule has 25 heavy (non-hydrogen) atoms. The molecule has 1 aromatic carbocycles. The molecule has 0 atom stereocenters.